The molecule has 4 rings (SSSR count). The van der Waals surface area contributed by atoms with Crippen LogP contribution in [0.25, 0.3) is 6.08 Å². The zero-order valence-electron chi connectivity index (χ0n) is 19.7. The number of amidine groups is 1. The molecule has 3 aromatic carbocycles. The van der Waals surface area contributed by atoms with Crippen LogP contribution in [-0.4, -0.2) is 35.7 Å². The molecule has 1 fully saturated rings. The number of para-hydroxylation sites is 1. The van der Waals surface area contributed by atoms with Crippen molar-refractivity contribution < 1.29 is 14.3 Å². The maximum atomic E-state index is 13.2. The number of benzene rings is 3. The quantitative estimate of drug-likeness (QED) is 0.154. The fourth-order valence-electron chi connectivity index (χ4n) is 3.42. The van der Waals surface area contributed by atoms with E-state index in [0.717, 1.165) is 26.1 Å². The van der Waals surface area contributed by atoms with E-state index < -0.39 is 0 Å². The first-order chi connectivity index (χ1) is 17.0. The molecule has 7 heteroatoms. The molecule has 0 atom stereocenters. The van der Waals surface area contributed by atoms with Crippen molar-refractivity contribution in [1.29, 1.82) is 0 Å². The largest absolute Gasteiger partial charge is 0.488 e. The molecule has 0 bridgehead atoms. The predicted octanol–water partition coefficient (Wildman–Crippen LogP) is 6.82. The number of carbonyl (C=O) groups excluding carboxylic acids is 1. The van der Waals surface area contributed by atoms with Crippen LogP contribution in [-0.2, 0) is 16.1 Å². The predicted molar refractivity (Wildman–Crippen MR) is 152 cm³/mol. The van der Waals surface area contributed by atoms with Crippen LogP contribution < -0.4 is 4.74 Å². The molecule has 0 aliphatic carbocycles. The number of hydrogen-bond donors (Lipinski definition) is 0. The Morgan fingerprint density at radius 2 is 1.83 bits per heavy atom. The molecule has 180 valence electrons. The average molecular weight is 599 g/mol. The maximum absolute atomic E-state index is 13.2. The van der Waals surface area contributed by atoms with Crippen molar-refractivity contribution in [3.8, 4) is 5.75 Å². The van der Waals surface area contributed by atoms with E-state index in [-0.39, 0.29) is 5.91 Å². The van der Waals surface area contributed by atoms with Gasteiger partial charge in [0.15, 0.2) is 5.17 Å². The molecule has 1 heterocycles. The molecule has 0 unspecified atom stereocenters. The molecule has 0 spiro atoms. The summed E-state index contributed by atoms with van der Waals surface area (Å²) in [4.78, 5) is 20.3. The van der Waals surface area contributed by atoms with Gasteiger partial charge in [-0.3, -0.25) is 9.69 Å². The molecule has 0 N–H and O–H groups in total. The van der Waals surface area contributed by atoms with E-state index in [0.29, 0.717) is 36.4 Å². The van der Waals surface area contributed by atoms with E-state index in [4.69, 9.17) is 14.5 Å². The second-order valence-electron chi connectivity index (χ2n) is 7.96. The number of aliphatic imine (C=N–C) groups is 1. The molecule has 0 radical (unpaired) electrons. The van der Waals surface area contributed by atoms with Gasteiger partial charge in [0, 0.05) is 6.61 Å². The Labute approximate surface area is 224 Å². The van der Waals surface area contributed by atoms with Crippen molar-refractivity contribution in [3.63, 3.8) is 0 Å². The molecule has 35 heavy (non-hydrogen) atoms. The third-order valence-corrected chi connectivity index (χ3v) is 7.15. The molecule has 5 nitrogen and oxygen atoms in total. The van der Waals surface area contributed by atoms with Crippen LogP contribution in [0.5, 0.6) is 5.75 Å². The summed E-state index contributed by atoms with van der Waals surface area (Å²) in [7, 11) is 0. The first kappa shape index (κ1) is 25.5. The molecule has 3 aromatic rings. The monoisotopic (exact) mass is 598 g/mol. The van der Waals surface area contributed by atoms with Gasteiger partial charge < -0.3 is 9.47 Å². The summed E-state index contributed by atoms with van der Waals surface area (Å²) in [6, 6.07) is 24.0. The number of rotatable bonds is 9. The van der Waals surface area contributed by atoms with E-state index in [1.807, 2.05) is 61.5 Å². The molecule has 1 amide bonds. The summed E-state index contributed by atoms with van der Waals surface area (Å²) in [6.07, 6.45) is 1.92. The lowest BCUT2D eigenvalue weighted by Crippen LogP contribution is -2.32. The number of ether oxygens (including phenoxy) is 2. The Morgan fingerprint density at radius 1 is 1.06 bits per heavy atom. The Balaban J connectivity index is 1.51. The van der Waals surface area contributed by atoms with Gasteiger partial charge in [-0.25, -0.2) is 4.99 Å². The fourth-order valence-corrected chi connectivity index (χ4v) is 5.14. The molecular formula is C28H27IN2O3S. The van der Waals surface area contributed by atoms with E-state index in [2.05, 4.69) is 53.8 Å². The van der Waals surface area contributed by atoms with Crippen molar-refractivity contribution >= 4 is 57.2 Å². The number of hydrogen-bond acceptors (Lipinski definition) is 5. The Hall–Kier alpha value is -2.62. The third kappa shape index (κ3) is 6.96. The van der Waals surface area contributed by atoms with Crippen molar-refractivity contribution in [2.75, 3.05) is 19.8 Å². The zero-order valence-corrected chi connectivity index (χ0v) is 22.7. The van der Waals surface area contributed by atoms with Crippen LogP contribution in [0.3, 0.4) is 0 Å². The minimum atomic E-state index is -0.0564. The average Bonchev–Trinajstić information content (AvgIpc) is 3.14. The van der Waals surface area contributed by atoms with E-state index in [9.17, 15) is 4.79 Å². The lowest BCUT2D eigenvalue weighted by Gasteiger charge is -2.15. The summed E-state index contributed by atoms with van der Waals surface area (Å²) >= 11 is 3.67. The van der Waals surface area contributed by atoms with Crippen LogP contribution in [0.4, 0.5) is 5.69 Å². The molecule has 0 saturated carbocycles. The van der Waals surface area contributed by atoms with Crippen molar-refractivity contribution in [2.45, 2.75) is 20.5 Å². The third-order valence-electron chi connectivity index (χ3n) is 5.30. The van der Waals surface area contributed by atoms with Crippen LogP contribution in [0, 0.1) is 10.5 Å². The van der Waals surface area contributed by atoms with E-state index >= 15 is 0 Å². The van der Waals surface area contributed by atoms with Gasteiger partial charge in [0.2, 0.25) is 0 Å². The van der Waals surface area contributed by atoms with E-state index in [1.165, 1.54) is 17.3 Å². The van der Waals surface area contributed by atoms with Crippen LogP contribution in [0.15, 0.2) is 82.7 Å². The fraction of sp³-hybridized carbons (Fsp3) is 0.214. The van der Waals surface area contributed by atoms with Gasteiger partial charge in [-0.1, -0.05) is 54.1 Å². The topological polar surface area (TPSA) is 51.1 Å². The zero-order chi connectivity index (χ0) is 24.6. The van der Waals surface area contributed by atoms with Crippen molar-refractivity contribution in [1.82, 2.24) is 4.90 Å². The molecular weight excluding hydrogens is 571 g/mol. The van der Waals surface area contributed by atoms with Crippen LogP contribution >= 0.6 is 34.4 Å². The van der Waals surface area contributed by atoms with Gasteiger partial charge in [-0.2, -0.15) is 0 Å². The van der Waals surface area contributed by atoms with Gasteiger partial charge in [0.1, 0.15) is 12.4 Å². The number of amides is 1. The van der Waals surface area contributed by atoms with E-state index in [1.54, 1.807) is 4.90 Å². The molecule has 1 saturated heterocycles. The second kappa shape index (κ2) is 12.4. The highest BCUT2D eigenvalue weighted by Gasteiger charge is 2.33. The van der Waals surface area contributed by atoms with Crippen molar-refractivity contribution in [2.24, 2.45) is 4.99 Å². The number of carbonyl (C=O) groups is 1. The highest BCUT2D eigenvalue weighted by atomic mass is 127. The summed E-state index contributed by atoms with van der Waals surface area (Å²) in [5.74, 6) is 0.766. The second-order valence-corrected chi connectivity index (χ2v) is 10.1. The first-order valence-corrected chi connectivity index (χ1v) is 13.3. The molecule has 1 aliphatic heterocycles. The minimum absolute atomic E-state index is 0.0564. The normalized spacial score (nSPS) is 15.9. The lowest BCUT2D eigenvalue weighted by atomic mass is 10.1. The van der Waals surface area contributed by atoms with Crippen LogP contribution in [0.1, 0.15) is 23.6 Å². The SMILES string of the molecule is CCOCCN1C(=O)/C(=C/c2ccc(OCc3ccc(C)cc3)c(I)c2)SC1=Nc1ccccc1. The molecule has 0 aromatic heterocycles. The van der Waals surface area contributed by atoms with Gasteiger partial charge in [-0.15, -0.1) is 0 Å². The maximum Gasteiger partial charge on any atom is 0.266 e. The van der Waals surface area contributed by atoms with Gasteiger partial charge in [0.25, 0.3) is 5.91 Å². The van der Waals surface area contributed by atoms with Gasteiger partial charge >= 0.3 is 0 Å². The van der Waals surface area contributed by atoms with Crippen molar-refractivity contribution in [3.05, 3.63) is 98.0 Å². The Morgan fingerprint density at radius 3 is 2.54 bits per heavy atom. The summed E-state index contributed by atoms with van der Waals surface area (Å²) < 4.78 is 12.5. The Bertz CT molecular complexity index is 1230. The number of thioether (sulfide) groups is 1. The summed E-state index contributed by atoms with van der Waals surface area (Å²) in [5, 5.41) is 0.667. The standard InChI is InChI=1S/C28H27IN2O3S/c1-3-33-16-15-31-27(32)26(35-28(31)30-23-7-5-4-6-8-23)18-22-13-14-25(24(29)17-22)34-19-21-11-9-20(2)10-12-21/h4-14,17-18H,3,15-16,19H2,1-2H3/b26-18-,30-28?. The highest BCUT2D eigenvalue weighted by Crippen LogP contribution is 2.35. The van der Waals surface area contributed by atoms with Gasteiger partial charge in [0.05, 0.1) is 27.3 Å². The van der Waals surface area contributed by atoms with Crippen LogP contribution in [0.2, 0.25) is 0 Å². The molecule has 1 aliphatic rings. The Kier molecular flexibility index (Phi) is 9.01. The smallest absolute Gasteiger partial charge is 0.266 e. The number of nitrogens with zero attached hydrogens (tertiary/aromatic N) is 2. The first-order valence-electron chi connectivity index (χ1n) is 11.4. The highest BCUT2D eigenvalue weighted by molar-refractivity contribution is 14.1. The number of aryl methyl sites for hydroxylation is 1. The minimum Gasteiger partial charge on any atom is -0.488 e. The number of halogens is 1. The van der Waals surface area contributed by atoms with Gasteiger partial charge in [-0.05, 0) is 89.7 Å². The summed E-state index contributed by atoms with van der Waals surface area (Å²) in [6.45, 7) is 6.07. The lowest BCUT2D eigenvalue weighted by molar-refractivity contribution is -0.122. The summed E-state index contributed by atoms with van der Waals surface area (Å²) in [5.41, 5.74) is 4.12.